The Morgan fingerprint density at radius 2 is 1.26 bits per heavy atom. The third-order valence-electron chi connectivity index (χ3n) is 4.43. The molecular weight excluding hydrogens is 260 g/mol. The van der Waals surface area contributed by atoms with Crippen LogP contribution in [-0.4, -0.2) is 18.2 Å². The van der Waals surface area contributed by atoms with Crippen LogP contribution in [0.3, 0.4) is 0 Å². The molecule has 0 bridgehead atoms. The Hall–Kier alpha value is -0.0900. The lowest BCUT2D eigenvalue weighted by atomic mass is 9.82. The van der Waals surface area contributed by atoms with Crippen molar-refractivity contribution < 1.29 is 13.0 Å². The minimum absolute atomic E-state index is 0.377. The van der Waals surface area contributed by atoms with Gasteiger partial charge in [0, 0.05) is 0 Å². The van der Waals surface area contributed by atoms with E-state index in [4.69, 9.17) is 0 Å². The molecule has 0 aromatic rings. The summed E-state index contributed by atoms with van der Waals surface area (Å²) in [5.41, 5.74) is 0.377. The van der Waals surface area contributed by atoms with Crippen molar-refractivity contribution in [3.05, 3.63) is 0 Å². The van der Waals surface area contributed by atoms with Crippen molar-refractivity contribution in [1.82, 2.24) is 0 Å². The van der Waals surface area contributed by atoms with Gasteiger partial charge in [0.05, 0.1) is 5.25 Å². The monoisotopic (exact) mass is 290 g/mol. The van der Waals surface area contributed by atoms with E-state index in [9.17, 15) is 13.0 Å². The first kappa shape index (κ1) is 17.0. The molecule has 19 heavy (non-hydrogen) atoms. The van der Waals surface area contributed by atoms with Crippen LogP contribution in [0.25, 0.3) is 0 Å². The summed E-state index contributed by atoms with van der Waals surface area (Å²) in [6, 6.07) is 0. The van der Waals surface area contributed by atoms with Gasteiger partial charge in [-0.2, -0.15) is 8.42 Å². The summed E-state index contributed by atoms with van der Waals surface area (Å²) in [6.07, 6.45) is 11.4. The van der Waals surface area contributed by atoms with Crippen LogP contribution >= 0.6 is 0 Å². The van der Waals surface area contributed by atoms with Crippen molar-refractivity contribution in [3.8, 4) is 0 Å². The van der Waals surface area contributed by atoms with Crippen molar-refractivity contribution >= 4 is 10.1 Å². The molecule has 3 nitrogen and oxygen atoms in total. The van der Waals surface area contributed by atoms with Crippen molar-refractivity contribution in [2.45, 2.75) is 89.7 Å². The molecule has 0 aliphatic heterocycles. The molecule has 1 fully saturated rings. The average Bonchev–Trinajstić information content (AvgIpc) is 2.29. The first-order chi connectivity index (χ1) is 8.81. The maximum absolute atomic E-state index is 11.4. The second kappa shape index (κ2) is 7.63. The Morgan fingerprint density at radius 3 is 1.84 bits per heavy atom. The van der Waals surface area contributed by atoms with E-state index >= 15 is 0 Å². The quantitative estimate of drug-likeness (QED) is 0.719. The summed E-state index contributed by atoms with van der Waals surface area (Å²) in [5.74, 6) is 0. The van der Waals surface area contributed by atoms with Crippen molar-refractivity contribution in [2.24, 2.45) is 5.41 Å². The molecule has 0 saturated heterocycles. The summed E-state index contributed by atoms with van der Waals surface area (Å²) >= 11 is 0. The lowest BCUT2D eigenvalue weighted by molar-refractivity contribution is 0.283. The Labute approximate surface area is 118 Å². The smallest absolute Gasteiger partial charge is 0.267 e. The van der Waals surface area contributed by atoms with Crippen LogP contribution in [-0.2, 0) is 10.1 Å². The number of hydrogen-bond donors (Lipinski definition) is 1. The van der Waals surface area contributed by atoms with E-state index in [0.717, 1.165) is 32.1 Å². The maximum atomic E-state index is 11.4. The highest BCUT2D eigenvalue weighted by molar-refractivity contribution is 7.86. The van der Waals surface area contributed by atoms with Crippen LogP contribution in [0.5, 0.6) is 0 Å². The third-order valence-corrected chi connectivity index (χ3v) is 5.74. The molecule has 0 radical (unpaired) electrons. The Bertz CT molecular complexity index is 346. The molecule has 1 N–H and O–H groups in total. The van der Waals surface area contributed by atoms with E-state index < -0.39 is 15.4 Å². The average molecular weight is 290 g/mol. The number of rotatable bonds is 1. The molecule has 0 aromatic carbocycles. The molecule has 1 unspecified atom stereocenters. The molecule has 1 atom stereocenters. The summed E-state index contributed by atoms with van der Waals surface area (Å²) in [5, 5.41) is -0.531. The van der Waals surface area contributed by atoms with Gasteiger partial charge in [0.1, 0.15) is 0 Å². The molecule has 0 amide bonds. The van der Waals surface area contributed by atoms with Gasteiger partial charge < -0.3 is 0 Å². The zero-order valence-electron chi connectivity index (χ0n) is 12.5. The molecule has 1 aliphatic carbocycles. The molecule has 1 saturated carbocycles. The van der Waals surface area contributed by atoms with Crippen molar-refractivity contribution in [1.29, 1.82) is 0 Å². The van der Waals surface area contributed by atoms with Gasteiger partial charge in [0.2, 0.25) is 0 Å². The zero-order valence-corrected chi connectivity index (χ0v) is 13.3. The van der Waals surface area contributed by atoms with E-state index in [1.54, 1.807) is 0 Å². The van der Waals surface area contributed by atoms with E-state index in [0.29, 0.717) is 18.3 Å². The van der Waals surface area contributed by atoms with E-state index in [2.05, 4.69) is 13.8 Å². The highest BCUT2D eigenvalue weighted by Gasteiger charge is 2.23. The summed E-state index contributed by atoms with van der Waals surface area (Å²) in [7, 11) is -3.85. The predicted molar refractivity (Wildman–Crippen MR) is 79.9 cm³/mol. The van der Waals surface area contributed by atoms with Gasteiger partial charge in [0.15, 0.2) is 0 Å². The zero-order chi connectivity index (χ0) is 14.4. The van der Waals surface area contributed by atoms with Gasteiger partial charge in [-0.1, -0.05) is 58.8 Å². The predicted octanol–water partition coefficient (Wildman–Crippen LogP) is 4.57. The number of hydrogen-bond acceptors (Lipinski definition) is 2. The third kappa shape index (κ3) is 7.31. The lowest BCUT2D eigenvalue weighted by Gasteiger charge is -2.24. The standard InChI is InChI=1S/C15H30O3S/c1-15(2)12-8-5-3-4-6-10-14(19(16,17)18)11-7-9-13-15/h14H,3-13H2,1-2H3,(H,16,17,18). The van der Waals surface area contributed by atoms with Crippen LogP contribution in [0.1, 0.15) is 84.5 Å². The largest absolute Gasteiger partial charge is 0.285 e. The summed E-state index contributed by atoms with van der Waals surface area (Å²) in [4.78, 5) is 0. The second-order valence-electron chi connectivity index (χ2n) is 6.85. The molecule has 4 heteroatoms. The van der Waals surface area contributed by atoms with Gasteiger partial charge in [0.25, 0.3) is 10.1 Å². The summed E-state index contributed by atoms with van der Waals surface area (Å²) < 4.78 is 32.0. The minimum Gasteiger partial charge on any atom is -0.285 e. The Morgan fingerprint density at radius 1 is 0.842 bits per heavy atom. The molecule has 1 rings (SSSR count). The Balaban J connectivity index is 2.55. The summed E-state index contributed by atoms with van der Waals surface area (Å²) in [6.45, 7) is 4.62. The molecule has 0 heterocycles. The molecule has 1 aliphatic rings. The van der Waals surface area contributed by atoms with Crippen LogP contribution in [0, 0.1) is 5.41 Å². The minimum atomic E-state index is -3.85. The van der Waals surface area contributed by atoms with Gasteiger partial charge in [-0.25, -0.2) is 0 Å². The van der Waals surface area contributed by atoms with E-state index in [1.807, 2.05) is 0 Å². The highest BCUT2D eigenvalue weighted by Crippen LogP contribution is 2.31. The molecule has 0 spiro atoms. The molecular formula is C15H30O3S. The van der Waals surface area contributed by atoms with E-state index in [-0.39, 0.29) is 0 Å². The van der Waals surface area contributed by atoms with Crippen molar-refractivity contribution in [2.75, 3.05) is 0 Å². The van der Waals surface area contributed by atoms with Gasteiger partial charge in [-0.3, -0.25) is 4.55 Å². The highest BCUT2D eigenvalue weighted by atomic mass is 32.2. The van der Waals surface area contributed by atoms with Gasteiger partial charge >= 0.3 is 0 Å². The van der Waals surface area contributed by atoms with Crippen molar-refractivity contribution in [3.63, 3.8) is 0 Å². The Kier molecular flexibility index (Phi) is 6.81. The fourth-order valence-electron chi connectivity index (χ4n) is 3.05. The van der Waals surface area contributed by atoms with Gasteiger partial charge in [-0.15, -0.1) is 0 Å². The normalized spacial score (nSPS) is 27.8. The SMILES string of the molecule is CC1(C)CCCCCCCC(S(=O)(=O)O)CCCC1. The lowest BCUT2D eigenvalue weighted by Crippen LogP contribution is -2.20. The fraction of sp³-hybridized carbons (Fsp3) is 1.00. The topological polar surface area (TPSA) is 54.4 Å². The molecule has 0 aromatic heterocycles. The maximum Gasteiger partial charge on any atom is 0.267 e. The molecule has 114 valence electrons. The fourth-order valence-corrected chi connectivity index (χ4v) is 3.98. The van der Waals surface area contributed by atoms with Crippen LogP contribution in [0.4, 0.5) is 0 Å². The van der Waals surface area contributed by atoms with Crippen LogP contribution < -0.4 is 0 Å². The van der Waals surface area contributed by atoms with Crippen LogP contribution in [0.15, 0.2) is 0 Å². The first-order valence-electron chi connectivity index (χ1n) is 7.78. The van der Waals surface area contributed by atoms with Crippen LogP contribution in [0.2, 0.25) is 0 Å². The second-order valence-corrected chi connectivity index (χ2v) is 8.55. The van der Waals surface area contributed by atoms with Gasteiger partial charge in [-0.05, 0) is 31.1 Å². The van der Waals surface area contributed by atoms with E-state index in [1.165, 1.54) is 25.7 Å². The first-order valence-corrected chi connectivity index (χ1v) is 9.28.